The molecule has 1 aromatic carbocycles. The van der Waals surface area contributed by atoms with Crippen LogP contribution in [0.4, 0.5) is 13.2 Å². The second-order valence-corrected chi connectivity index (χ2v) is 5.62. The normalized spacial score (nSPS) is 17.2. The summed E-state index contributed by atoms with van der Waals surface area (Å²) in [5.74, 6) is 0. The van der Waals surface area contributed by atoms with Crippen LogP contribution < -0.4 is 0 Å². The molecule has 0 aliphatic carbocycles. The molecular weight excluding hydrogens is 275 g/mol. The number of rotatable bonds is 2. The van der Waals surface area contributed by atoms with E-state index in [2.05, 4.69) is 0 Å². The summed E-state index contributed by atoms with van der Waals surface area (Å²) in [6.45, 7) is 1.37. The van der Waals surface area contributed by atoms with Gasteiger partial charge in [-0.05, 0) is 31.0 Å². The lowest BCUT2D eigenvalue weighted by Gasteiger charge is -2.21. The van der Waals surface area contributed by atoms with E-state index in [1.54, 1.807) is 6.07 Å². The van der Waals surface area contributed by atoms with Crippen LogP contribution in [-0.4, -0.2) is 18.5 Å². The second kappa shape index (κ2) is 5.85. The SMILES string of the molecule is N#Cc1cc(SC2CCOCC2)ccc1C(F)(F)F. The highest BCUT2D eigenvalue weighted by molar-refractivity contribution is 8.00. The highest BCUT2D eigenvalue weighted by Gasteiger charge is 2.33. The predicted molar refractivity (Wildman–Crippen MR) is 65.9 cm³/mol. The lowest BCUT2D eigenvalue weighted by Crippen LogP contribution is -2.17. The smallest absolute Gasteiger partial charge is 0.381 e. The first kappa shape index (κ1) is 14.2. The summed E-state index contributed by atoms with van der Waals surface area (Å²) in [4.78, 5) is 0.705. The Morgan fingerprint density at radius 3 is 2.53 bits per heavy atom. The van der Waals surface area contributed by atoms with Gasteiger partial charge >= 0.3 is 6.18 Å². The Bertz CT molecular complexity index is 490. The first-order valence-electron chi connectivity index (χ1n) is 5.86. The van der Waals surface area contributed by atoms with Crippen LogP contribution in [0, 0.1) is 11.3 Å². The molecule has 1 fully saturated rings. The van der Waals surface area contributed by atoms with E-state index in [0.29, 0.717) is 23.4 Å². The van der Waals surface area contributed by atoms with Crippen molar-refractivity contribution in [3.8, 4) is 6.07 Å². The summed E-state index contributed by atoms with van der Waals surface area (Å²) in [6, 6.07) is 5.36. The maximum Gasteiger partial charge on any atom is 0.417 e. The maximum absolute atomic E-state index is 12.7. The number of hydrogen-bond acceptors (Lipinski definition) is 3. The highest BCUT2D eigenvalue weighted by Crippen LogP contribution is 2.36. The summed E-state index contributed by atoms with van der Waals surface area (Å²) in [5.41, 5.74) is -1.18. The average molecular weight is 287 g/mol. The monoisotopic (exact) mass is 287 g/mol. The first-order valence-corrected chi connectivity index (χ1v) is 6.74. The molecule has 1 aromatic rings. The van der Waals surface area contributed by atoms with E-state index < -0.39 is 11.7 Å². The van der Waals surface area contributed by atoms with Crippen molar-refractivity contribution in [1.82, 2.24) is 0 Å². The van der Waals surface area contributed by atoms with E-state index in [1.165, 1.54) is 23.9 Å². The van der Waals surface area contributed by atoms with Crippen LogP contribution in [0.15, 0.2) is 23.1 Å². The van der Waals surface area contributed by atoms with Crippen molar-refractivity contribution in [2.45, 2.75) is 29.2 Å². The number of ether oxygens (including phenoxy) is 1. The van der Waals surface area contributed by atoms with E-state index >= 15 is 0 Å². The average Bonchev–Trinajstić information content (AvgIpc) is 2.38. The molecule has 0 radical (unpaired) electrons. The Morgan fingerprint density at radius 1 is 1.26 bits per heavy atom. The van der Waals surface area contributed by atoms with Crippen molar-refractivity contribution in [3.63, 3.8) is 0 Å². The van der Waals surface area contributed by atoms with Crippen molar-refractivity contribution in [3.05, 3.63) is 29.3 Å². The topological polar surface area (TPSA) is 33.0 Å². The molecule has 0 unspecified atom stereocenters. The van der Waals surface area contributed by atoms with Crippen molar-refractivity contribution in [2.75, 3.05) is 13.2 Å². The summed E-state index contributed by atoms with van der Waals surface area (Å²) >= 11 is 1.51. The molecule has 0 atom stereocenters. The summed E-state index contributed by atoms with van der Waals surface area (Å²) in [7, 11) is 0. The van der Waals surface area contributed by atoms with Crippen LogP contribution in [0.1, 0.15) is 24.0 Å². The third-order valence-electron chi connectivity index (χ3n) is 2.89. The van der Waals surface area contributed by atoms with Crippen LogP contribution in [0.2, 0.25) is 0 Å². The fourth-order valence-corrected chi connectivity index (χ4v) is 3.07. The Kier molecular flexibility index (Phi) is 4.38. The Balaban J connectivity index is 2.17. The number of nitriles is 1. The van der Waals surface area contributed by atoms with Gasteiger partial charge in [0.2, 0.25) is 0 Å². The quantitative estimate of drug-likeness (QED) is 0.828. The standard InChI is InChI=1S/C13H12F3NOS/c14-13(15,16)12-2-1-11(7-9(12)8-17)19-10-3-5-18-6-4-10/h1-2,7,10H,3-6H2. The Hall–Kier alpha value is -1.19. The van der Waals surface area contributed by atoms with E-state index in [9.17, 15) is 13.2 Å². The van der Waals surface area contributed by atoms with Gasteiger partial charge < -0.3 is 4.74 Å². The van der Waals surface area contributed by atoms with Crippen molar-refractivity contribution < 1.29 is 17.9 Å². The molecule has 0 saturated carbocycles. The van der Waals surface area contributed by atoms with Gasteiger partial charge in [0.05, 0.1) is 17.2 Å². The van der Waals surface area contributed by atoms with Gasteiger partial charge in [-0.2, -0.15) is 18.4 Å². The highest BCUT2D eigenvalue weighted by atomic mass is 32.2. The number of benzene rings is 1. The maximum atomic E-state index is 12.7. The number of hydrogen-bond donors (Lipinski definition) is 0. The fraction of sp³-hybridized carbons (Fsp3) is 0.462. The summed E-state index contributed by atoms with van der Waals surface area (Å²) < 4.78 is 43.2. The molecule has 0 aromatic heterocycles. The molecule has 1 aliphatic rings. The first-order chi connectivity index (χ1) is 9.00. The van der Waals surface area contributed by atoms with Crippen molar-refractivity contribution in [1.29, 1.82) is 5.26 Å². The zero-order valence-corrected chi connectivity index (χ0v) is 10.9. The van der Waals surface area contributed by atoms with Crippen LogP contribution >= 0.6 is 11.8 Å². The van der Waals surface area contributed by atoms with Crippen LogP contribution in [0.3, 0.4) is 0 Å². The fourth-order valence-electron chi connectivity index (χ4n) is 1.92. The number of alkyl halides is 3. The van der Waals surface area contributed by atoms with Crippen LogP contribution in [-0.2, 0) is 10.9 Å². The van der Waals surface area contributed by atoms with Gasteiger partial charge in [0.25, 0.3) is 0 Å². The molecule has 1 saturated heterocycles. The minimum absolute atomic E-state index is 0.315. The third-order valence-corrected chi connectivity index (χ3v) is 4.22. The number of halogens is 3. The largest absolute Gasteiger partial charge is 0.417 e. The molecule has 0 amide bonds. The molecule has 2 rings (SSSR count). The van der Waals surface area contributed by atoms with E-state index in [0.717, 1.165) is 18.9 Å². The van der Waals surface area contributed by atoms with Gasteiger partial charge in [-0.15, -0.1) is 11.8 Å². The number of nitrogens with zero attached hydrogens (tertiary/aromatic N) is 1. The van der Waals surface area contributed by atoms with Gasteiger partial charge in [-0.25, -0.2) is 0 Å². The zero-order chi connectivity index (χ0) is 13.9. The van der Waals surface area contributed by atoms with Crippen molar-refractivity contribution in [2.24, 2.45) is 0 Å². The molecule has 0 bridgehead atoms. The minimum Gasteiger partial charge on any atom is -0.381 e. The van der Waals surface area contributed by atoms with Crippen LogP contribution in [0.5, 0.6) is 0 Å². The van der Waals surface area contributed by atoms with Crippen molar-refractivity contribution >= 4 is 11.8 Å². The number of thioether (sulfide) groups is 1. The Morgan fingerprint density at radius 2 is 1.95 bits per heavy atom. The van der Waals surface area contributed by atoms with E-state index in [-0.39, 0.29) is 5.56 Å². The molecule has 2 nitrogen and oxygen atoms in total. The van der Waals surface area contributed by atoms with Gasteiger partial charge in [-0.1, -0.05) is 0 Å². The molecule has 1 heterocycles. The van der Waals surface area contributed by atoms with Gasteiger partial charge in [0.1, 0.15) is 0 Å². The molecule has 0 spiro atoms. The third kappa shape index (κ3) is 3.64. The Labute approximate surface area is 113 Å². The molecule has 0 N–H and O–H groups in total. The molecule has 6 heteroatoms. The molecule has 19 heavy (non-hydrogen) atoms. The summed E-state index contributed by atoms with van der Waals surface area (Å²) in [5, 5.41) is 9.18. The van der Waals surface area contributed by atoms with Gasteiger partial charge in [-0.3, -0.25) is 0 Å². The lowest BCUT2D eigenvalue weighted by atomic mass is 10.1. The lowest BCUT2D eigenvalue weighted by molar-refractivity contribution is -0.137. The van der Waals surface area contributed by atoms with Gasteiger partial charge in [0.15, 0.2) is 0 Å². The van der Waals surface area contributed by atoms with Crippen LogP contribution in [0.25, 0.3) is 0 Å². The van der Waals surface area contributed by atoms with Gasteiger partial charge in [0, 0.05) is 23.4 Å². The molecule has 1 aliphatic heterocycles. The van der Waals surface area contributed by atoms with E-state index in [4.69, 9.17) is 10.00 Å². The minimum atomic E-state index is -4.48. The molecule has 102 valence electrons. The second-order valence-electron chi connectivity index (χ2n) is 4.25. The molecular formula is C13H12F3NOS. The predicted octanol–water partition coefficient (Wildman–Crippen LogP) is 3.85. The zero-order valence-electron chi connectivity index (χ0n) is 10.0. The van der Waals surface area contributed by atoms with E-state index in [1.807, 2.05) is 0 Å². The summed E-state index contributed by atoms with van der Waals surface area (Å²) in [6.07, 6.45) is -2.71.